The molecule has 1 unspecified atom stereocenters. The SMILES string of the molecule is C[C@H]1C(C)(C)CCC2CC=C(C=O)[C@@]21C. The Labute approximate surface area is 92.9 Å². The van der Waals surface area contributed by atoms with Crippen LogP contribution in [0, 0.1) is 22.7 Å². The highest BCUT2D eigenvalue weighted by molar-refractivity contribution is 5.76. The number of hydrogen-bond acceptors (Lipinski definition) is 1. The number of carbonyl (C=O) groups is 1. The van der Waals surface area contributed by atoms with Gasteiger partial charge in [-0.05, 0) is 42.1 Å². The zero-order valence-corrected chi connectivity index (χ0v) is 10.3. The second-order valence-electron chi connectivity index (χ2n) is 6.24. The van der Waals surface area contributed by atoms with Crippen molar-refractivity contribution in [2.75, 3.05) is 0 Å². The first-order valence-corrected chi connectivity index (χ1v) is 6.08. The lowest BCUT2D eigenvalue weighted by Gasteiger charge is -2.52. The fourth-order valence-corrected chi connectivity index (χ4v) is 3.74. The first-order valence-electron chi connectivity index (χ1n) is 6.08. The van der Waals surface area contributed by atoms with Gasteiger partial charge < -0.3 is 0 Å². The van der Waals surface area contributed by atoms with E-state index in [1.165, 1.54) is 12.8 Å². The molecule has 0 heterocycles. The minimum Gasteiger partial charge on any atom is -0.298 e. The quantitative estimate of drug-likeness (QED) is 0.599. The maximum absolute atomic E-state index is 11.2. The second kappa shape index (κ2) is 3.20. The molecule has 15 heavy (non-hydrogen) atoms. The molecule has 2 aliphatic carbocycles. The molecule has 0 aromatic rings. The van der Waals surface area contributed by atoms with Gasteiger partial charge in [0.2, 0.25) is 0 Å². The smallest absolute Gasteiger partial charge is 0.146 e. The first kappa shape index (κ1) is 10.9. The fourth-order valence-electron chi connectivity index (χ4n) is 3.74. The number of aldehydes is 1. The highest BCUT2D eigenvalue weighted by atomic mass is 16.1. The Morgan fingerprint density at radius 2 is 2.07 bits per heavy atom. The molecule has 0 amide bonds. The predicted molar refractivity (Wildman–Crippen MR) is 62.5 cm³/mol. The van der Waals surface area contributed by atoms with E-state index in [1.54, 1.807) is 0 Å². The van der Waals surface area contributed by atoms with Crippen LogP contribution in [-0.4, -0.2) is 6.29 Å². The van der Waals surface area contributed by atoms with Crippen LogP contribution in [0.1, 0.15) is 47.0 Å². The van der Waals surface area contributed by atoms with Gasteiger partial charge in [0.1, 0.15) is 6.29 Å². The first-order chi connectivity index (χ1) is 6.93. The Kier molecular flexibility index (Phi) is 2.33. The van der Waals surface area contributed by atoms with Gasteiger partial charge in [0.25, 0.3) is 0 Å². The zero-order chi connectivity index (χ0) is 11.3. The topological polar surface area (TPSA) is 17.1 Å². The van der Waals surface area contributed by atoms with E-state index in [1.807, 2.05) is 0 Å². The maximum atomic E-state index is 11.2. The molecule has 0 bridgehead atoms. The minimum absolute atomic E-state index is 0.142. The highest BCUT2D eigenvalue weighted by Crippen LogP contribution is 2.60. The lowest BCUT2D eigenvalue weighted by molar-refractivity contribution is -0.107. The number of carbonyl (C=O) groups excluding carboxylic acids is 1. The Hall–Kier alpha value is -0.590. The second-order valence-corrected chi connectivity index (χ2v) is 6.24. The standard InChI is InChI=1S/C14H22O/c1-10-13(2,3)8-7-11-5-6-12(9-15)14(10,11)4/h6,9-11H,5,7-8H2,1-4H3/t10-,11?,14+/m0/s1. The molecule has 0 saturated heterocycles. The molecular formula is C14H22O. The van der Waals surface area contributed by atoms with Crippen LogP contribution >= 0.6 is 0 Å². The van der Waals surface area contributed by atoms with Crippen LogP contribution in [0.15, 0.2) is 11.6 Å². The predicted octanol–water partition coefficient (Wildman–Crippen LogP) is 3.59. The van der Waals surface area contributed by atoms with E-state index < -0.39 is 0 Å². The summed E-state index contributed by atoms with van der Waals surface area (Å²) in [4.78, 5) is 11.2. The third-order valence-electron chi connectivity index (χ3n) is 5.43. The minimum atomic E-state index is 0.142. The normalized spacial score (nSPS) is 43.3. The van der Waals surface area contributed by atoms with Gasteiger partial charge in [-0.1, -0.05) is 33.8 Å². The van der Waals surface area contributed by atoms with E-state index in [2.05, 4.69) is 33.8 Å². The Morgan fingerprint density at radius 3 is 2.67 bits per heavy atom. The largest absolute Gasteiger partial charge is 0.298 e. The highest BCUT2D eigenvalue weighted by Gasteiger charge is 2.52. The number of fused-ring (bicyclic) bond motifs is 1. The maximum Gasteiger partial charge on any atom is 0.146 e. The molecule has 1 fully saturated rings. The molecule has 2 rings (SSSR count). The molecular weight excluding hydrogens is 184 g/mol. The lowest BCUT2D eigenvalue weighted by Crippen LogP contribution is -2.45. The van der Waals surface area contributed by atoms with Crippen LogP contribution in [0.25, 0.3) is 0 Å². The molecule has 1 nitrogen and oxygen atoms in total. The van der Waals surface area contributed by atoms with Crippen molar-refractivity contribution in [3.63, 3.8) is 0 Å². The van der Waals surface area contributed by atoms with Crippen LogP contribution < -0.4 is 0 Å². The van der Waals surface area contributed by atoms with E-state index in [0.29, 0.717) is 17.3 Å². The number of hydrogen-bond donors (Lipinski definition) is 0. The molecule has 0 radical (unpaired) electrons. The van der Waals surface area contributed by atoms with Crippen molar-refractivity contribution in [3.8, 4) is 0 Å². The molecule has 2 aliphatic rings. The van der Waals surface area contributed by atoms with Crippen LogP contribution in [0.4, 0.5) is 0 Å². The molecule has 3 atom stereocenters. The average molecular weight is 206 g/mol. The molecule has 1 saturated carbocycles. The van der Waals surface area contributed by atoms with Gasteiger partial charge in [-0.3, -0.25) is 4.79 Å². The summed E-state index contributed by atoms with van der Waals surface area (Å²) in [5.74, 6) is 1.31. The molecule has 0 aliphatic heterocycles. The van der Waals surface area contributed by atoms with Gasteiger partial charge in [-0.2, -0.15) is 0 Å². The monoisotopic (exact) mass is 206 g/mol. The van der Waals surface area contributed by atoms with Gasteiger partial charge in [-0.15, -0.1) is 0 Å². The summed E-state index contributed by atoms with van der Waals surface area (Å²) < 4.78 is 0. The average Bonchev–Trinajstić information content (AvgIpc) is 2.51. The van der Waals surface area contributed by atoms with E-state index in [4.69, 9.17) is 0 Å². The van der Waals surface area contributed by atoms with Gasteiger partial charge in [-0.25, -0.2) is 0 Å². The molecule has 0 aromatic heterocycles. The van der Waals surface area contributed by atoms with Crippen LogP contribution in [0.5, 0.6) is 0 Å². The fraction of sp³-hybridized carbons (Fsp3) is 0.786. The van der Waals surface area contributed by atoms with Crippen LogP contribution in [0.3, 0.4) is 0 Å². The molecule has 0 aromatic carbocycles. The van der Waals surface area contributed by atoms with E-state index in [0.717, 1.165) is 18.3 Å². The van der Waals surface area contributed by atoms with E-state index in [9.17, 15) is 4.79 Å². The lowest BCUT2D eigenvalue weighted by atomic mass is 9.52. The van der Waals surface area contributed by atoms with Gasteiger partial charge in [0.15, 0.2) is 0 Å². The van der Waals surface area contributed by atoms with Gasteiger partial charge in [0.05, 0.1) is 0 Å². The summed E-state index contributed by atoms with van der Waals surface area (Å²) in [5.41, 5.74) is 1.58. The van der Waals surface area contributed by atoms with E-state index in [-0.39, 0.29) is 5.41 Å². The van der Waals surface area contributed by atoms with Crippen molar-refractivity contribution in [3.05, 3.63) is 11.6 Å². The summed E-state index contributed by atoms with van der Waals surface area (Å²) >= 11 is 0. The summed E-state index contributed by atoms with van der Waals surface area (Å²) in [6, 6.07) is 0. The summed E-state index contributed by atoms with van der Waals surface area (Å²) in [6.45, 7) is 9.32. The van der Waals surface area contributed by atoms with Crippen molar-refractivity contribution in [2.45, 2.75) is 47.0 Å². The van der Waals surface area contributed by atoms with Crippen molar-refractivity contribution < 1.29 is 4.79 Å². The number of allylic oxidation sites excluding steroid dienone is 2. The Balaban J connectivity index is 2.40. The van der Waals surface area contributed by atoms with Crippen molar-refractivity contribution >= 4 is 6.29 Å². The third kappa shape index (κ3) is 1.32. The van der Waals surface area contributed by atoms with Crippen molar-refractivity contribution in [1.82, 2.24) is 0 Å². The van der Waals surface area contributed by atoms with Gasteiger partial charge >= 0.3 is 0 Å². The van der Waals surface area contributed by atoms with Crippen LogP contribution in [-0.2, 0) is 4.79 Å². The summed E-state index contributed by atoms with van der Waals surface area (Å²) in [5, 5.41) is 0. The van der Waals surface area contributed by atoms with Crippen molar-refractivity contribution in [2.24, 2.45) is 22.7 Å². The van der Waals surface area contributed by atoms with Crippen molar-refractivity contribution in [1.29, 1.82) is 0 Å². The van der Waals surface area contributed by atoms with E-state index >= 15 is 0 Å². The Morgan fingerprint density at radius 1 is 1.40 bits per heavy atom. The molecule has 84 valence electrons. The van der Waals surface area contributed by atoms with Gasteiger partial charge in [0, 0.05) is 5.41 Å². The molecule has 1 heteroatoms. The summed E-state index contributed by atoms with van der Waals surface area (Å²) in [6.07, 6.45) is 6.97. The third-order valence-corrected chi connectivity index (χ3v) is 5.43. The summed E-state index contributed by atoms with van der Waals surface area (Å²) in [7, 11) is 0. The molecule has 0 N–H and O–H groups in total. The zero-order valence-electron chi connectivity index (χ0n) is 10.3. The van der Waals surface area contributed by atoms with Crippen LogP contribution in [0.2, 0.25) is 0 Å². The number of rotatable bonds is 1. The Bertz CT molecular complexity index is 313. The molecule has 0 spiro atoms.